The fourth-order valence-corrected chi connectivity index (χ4v) is 2.64. The van der Waals surface area contributed by atoms with Gasteiger partial charge in [-0.1, -0.05) is 13.3 Å². The van der Waals surface area contributed by atoms with E-state index in [-0.39, 0.29) is 11.9 Å². The zero-order chi connectivity index (χ0) is 12.1. The van der Waals surface area contributed by atoms with Crippen LogP contribution < -0.4 is 5.32 Å². The van der Waals surface area contributed by atoms with Gasteiger partial charge in [-0.25, -0.2) is 0 Å². The van der Waals surface area contributed by atoms with Crippen LogP contribution in [0.25, 0.3) is 0 Å². The quantitative estimate of drug-likeness (QED) is 0.792. The molecule has 1 N–H and O–H groups in total. The second-order valence-electron chi connectivity index (χ2n) is 5.08. The van der Waals surface area contributed by atoms with Crippen LogP contribution in [-0.4, -0.2) is 42.8 Å². The molecule has 0 aromatic carbocycles. The van der Waals surface area contributed by atoms with Crippen molar-refractivity contribution in [1.29, 1.82) is 0 Å². The maximum absolute atomic E-state index is 12.0. The monoisotopic (exact) mass is 240 g/mol. The van der Waals surface area contributed by atoms with Gasteiger partial charge in [0.2, 0.25) is 5.91 Å². The standard InChI is InChI=1S/C13H24N2O2/c1-2-5-12-13(16)15(10-14-12)8-7-11-6-3-4-9-17-11/h11-12,14H,2-10H2,1H3. The molecule has 2 rings (SSSR count). The lowest BCUT2D eigenvalue weighted by molar-refractivity contribution is -0.129. The third-order valence-electron chi connectivity index (χ3n) is 3.71. The summed E-state index contributed by atoms with van der Waals surface area (Å²) in [5.74, 6) is 0.280. The van der Waals surface area contributed by atoms with Crippen molar-refractivity contribution >= 4 is 5.91 Å². The Morgan fingerprint density at radius 2 is 2.29 bits per heavy atom. The second kappa shape index (κ2) is 6.36. The first-order chi connectivity index (χ1) is 8.31. The SMILES string of the molecule is CCCC1NCN(CCC2CCCCO2)C1=O. The van der Waals surface area contributed by atoms with Crippen LogP contribution in [-0.2, 0) is 9.53 Å². The summed E-state index contributed by atoms with van der Waals surface area (Å²) in [6, 6.07) is 0.0623. The lowest BCUT2D eigenvalue weighted by Crippen LogP contribution is -2.33. The van der Waals surface area contributed by atoms with Crippen LogP contribution in [0.3, 0.4) is 0 Å². The summed E-state index contributed by atoms with van der Waals surface area (Å²) in [7, 11) is 0. The van der Waals surface area contributed by atoms with Gasteiger partial charge in [-0.2, -0.15) is 0 Å². The highest BCUT2D eigenvalue weighted by Crippen LogP contribution is 2.17. The summed E-state index contributed by atoms with van der Waals surface area (Å²) in [5.41, 5.74) is 0. The van der Waals surface area contributed by atoms with E-state index in [0.717, 1.165) is 45.5 Å². The molecule has 4 heteroatoms. The lowest BCUT2D eigenvalue weighted by atomic mass is 10.1. The van der Waals surface area contributed by atoms with Crippen molar-refractivity contribution in [2.45, 2.75) is 57.6 Å². The Morgan fingerprint density at radius 1 is 1.41 bits per heavy atom. The van der Waals surface area contributed by atoms with E-state index in [4.69, 9.17) is 4.74 Å². The first kappa shape index (κ1) is 12.8. The Hall–Kier alpha value is -0.610. The maximum Gasteiger partial charge on any atom is 0.240 e. The normalized spacial score (nSPS) is 29.9. The van der Waals surface area contributed by atoms with E-state index in [2.05, 4.69) is 12.2 Å². The Balaban J connectivity index is 1.70. The van der Waals surface area contributed by atoms with Crippen molar-refractivity contribution in [3.05, 3.63) is 0 Å². The first-order valence-corrected chi connectivity index (χ1v) is 6.95. The molecular formula is C13H24N2O2. The summed E-state index contributed by atoms with van der Waals surface area (Å²) in [5, 5.41) is 3.28. The van der Waals surface area contributed by atoms with Crippen LogP contribution in [0.5, 0.6) is 0 Å². The fourth-order valence-electron chi connectivity index (χ4n) is 2.64. The molecule has 0 bridgehead atoms. The number of nitrogens with zero attached hydrogens (tertiary/aromatic N) is 1. The van der Waals surface area contributed by atoms with Crippen molar-refractivity contribution in [3.63, 3.8) is 0 Å². The van der Waals surface area contributed by atoms with E-state index in [1.54, 1.807) is 0 Å². The number of rotatable bonds is 5. The molecule has 98 valence electrons. The molecule has 2 unspecified atom stereocenters. The highest BCUT2D eigenvalue weighted by atomic mass is 16.5. The molecule has 4 nitrogen and oxygen atoms in total. The largest absolute Gasteiger partial charge is 0.378 e. The van der Waals surface area contributed by atoms with Gasteiger partial charge in [0.25, 0.3) is 0 Å². The van der Waals surface area contributed by atoms with Crippen molar-refractivity contribution in [2.75, 3.05) is 19.8 Å². The van der Waals surface area contributed by atoms with Crippen molar-refractivity contribution < 1.29 is 9.53 Å². The predicted molar refractivity (Wildman–Crippen MR) is 66.6 cm³/mol. The van der Waals surface area contributed by atoms with Crippen LogP contribution in [0.15, 0.2) is 0 Å². The summed E-state index contributed by atoms with van der Waals surface area (Å²) in [4.78, 5) is 13.9. The molecule has 2 aliphatic heterocycles. The highest BCUT2D eigenvalue weighted by Gasteiger charge is 2.30. The smallest absolute Gasteiger partial charge is 0.240 e. The van der Waals surface area contributed by atoms with Gasteiger partial charge in [0.1, 0.15) is 0 Å². The van der Waals surface area contributed by atoms with Gasteiger partial charge in [-0.3, -0.25) is 10.1 Å². The van der Waals surface area contributed by atoms with Gasteiger partial charge >= 0.3 is 0 Å². The predicted octanol–water partition coefficient (Wildman–Crippen LogP) is 1.50. The van der Waals surface area contributed by atoms with Crippen LogP contribution >= 0.6 is 0 Å². The van der Waals surface area contributed by atoms with Gasteiger partial charge in [0.05, 0.1) is 18.8 Å². The number of amides is 1. The molecule has 2 saturated heterocycles. The van der Waals surface area contributed by atoms with E-state index in [9.17, 15) is 4.79 Å². The van der Waals surface area contributed by atoms with Crippen molar-refractivity contribution in [2.24, 2.45) is 0 Å². The molecule has 0 aromatic heterocycles. The van der Waals surface area contributed by atoms with Gasteiger partial charge in [0.15, 0.2) is 0 Å². The molecule has 1 amide bonds. The topological polar surface area (TPSA) is 41.6 Å². The zero-order valence-corrected chi connectivity index (χ0v) is 10.8. The Labute approximate surface area is 104 Å². The number of carbonyl (C=O) groups is 1. The van der Waals surface area contributed by atoms with E-state index < -0.39 is 0 Å². The molecule has 17 heavy (non-hydrogen) atoms. The molecule has 0 saturated carbocycles. The van der Waals surface area contributed by atoms with Gasteiger partial charge in [-0.05, 0) is 32.1 Å². The van der Waals surface area contributed by atoms with Gasteiger partial charge in [-0.15, -0.1) is 0 Å². The Kier molecular flexibility index (Phi) is 4.80. The Bertz CT molecular complexity index is 252. The summed E-state index contributed by atoms with van der Waals surface area (Å²) in [6.07, 6.45) is 7.01. The molecule has 0 aromatic rings. The summed E-state index contributed by atoms with van der Waals surface area (Å²) >= 11 is 0. The van der Waals surface area contributed by atoms with Gasteiger partial charge < -0.3 is 9.64 Å². The average molecular weight is 240 g/mol. The van der Waals surface area contributed by atoms with Crippen molar-refractivity contribution in [3.8, 4) is 0 Å². The zero-order valence-electron chi connectivity index (χ0n) is 10.8. The average Bonchev–Trinajstić information content (AvgIpc) is 2.70. The molecule has 0 spiro atoms. The summed E-state index contributed by atoms with van der Waals surface area (Å²) in [6.45, 7) is 4.58. The van der Waals surface area contributed by atoms with Crippen molar-refractivity contribution in [1.82, 2.24) is 10.2 Å². The third kappa shape index (κ3) is 3.42. The molecule has 2 aliphatic rings. The van der Waals surface area contributed by atoms with E-state index in [1.807, 2.05) is 4.90 Å². The second-order valence-corrected chi connectivity index (χ2v) is 5.08. The van der Waals surface area contributed by atoms with E-state index in [0.29, 0.717) is 6.10 Å². The third-order valence-corrected chi connectivity index (χ3v) is 3.71. The highest BCUT2D eigenvalue weighted by molar-refractivity contribution is 5.83. The fraction of sp³-hybridized carbons (Fsp3) is 0.923. The minimum Gasteiger partial charge on any atom is -0.378 e. The number of nitrogens with one attached hydrogen (secondary N) is 1. The van der Waals surface area contributed by atoms with Gasteiger partial charge in [0, 0.05) is 13.2 Å². The van der Waals surface area contributed by atoms with E-state index in [1.165, 1.54) is 12.8 Å². The number of carbonyl (C=O) groups excluding carboxylic acids is 1. The minimum atomic E-state index is 0.0623. The van der Waals surface area contributed by atoms with Crippen LogP contribution in [0.2, 0.25) is 0 Å². The lowest BCUT2D eigenvalue weighted by Gasteiger charge is -2.24. The molecular weight excluding hydrogens is 216 g/mol. The summed E-state index contributed by atoms with van der Waals surface area (Å²) < 4.78 is 5.69. The Morgan fingerprint density at radius 3 is 3.00 bits per heavy atom. The molecule has 2 fully saturated rings. The minimum absolute atomic E-state index is 0.0623. The van der Waals surface area contributed by atoms with Crippen LogP contribution in [0, 0.1) is 0 Å². The van der Waals surface area contributed by atoms with Crippen LogP contribution in [0.4, 0.5) is 0 Å². The van der Waals surface area contributed by atoms with E-state index >= 15 is 0 Å². The molecule has 0 radical (unpaired) electrons. The number of ether oxygens (including phenoxy) is 1. The van der Waals surface area contributed by atoms with Crippen LogP contribution in [0.1, 0.15) is 45.4 Å². The molecule has 2 heterocycles. The maximum atomic E-state index is 12.0. The number of hydrogen-bond acceptors (Lipinski definition) is 3. The number of hydrogen-bond donors (Lipinski definition) is 1. The molecule has 0 aliphatic carbocycles. The molecule has 2 atom stereocenters. The first-order valence-electron chi connectivity index (χ1n) is 6.95.